The molecule has 2 N–H and O–H groups in total. The van der Waals surface area contributed by atoms with Gasteiger partial charge in [-0.05, 0) is 31.4 Å². The summed E-state index contributed by atoms with van der Waals surface area (Å²) in [7, 11) is 0. The molecule has 30 heavy (non-hydrogen) atoms. The average molecular weight is 417 g/mol. The Morgan fingerprint density at radius 2 is 1.77 bits per heavy atom. The van der Waals surface area contributed by atoms with Gasteiger partial charge >= 0.3 is 6.09 Å². The molecule has 0 spiro atoms. The zero-order chi connectivity index (χ0) is 21.2. The number of benzene rings is 1. The van der Waals surface area contributed by atoms with Crippen molar-refractivity contribution in [1.82, 2.24) is 10.2 Å². The van der Waals surface area contributed by atoms with E-state index < -0.39 is 5.60 Å². The zero-order valence-electron chi connectivity index (χ0n) is 18.7. The monoisotopic (exact) mass is 416 g/mol. The maximum Gasteiger partial charge on any atom is 0.410 e. The van der Waals surface area contributed by atoms with Crippen molar-refractivity contribution < 1.29 is 14.6 Å². The van der Waals surface area contributed by atoms with E-state index in [0.717, 1.165) is 25.1 Å². The van der Waals surface area contributed by atoms with Gasteiger partial charge in [0.1, 0.15) is 6.61 Å². The van der Waals surface area contributed by atoms with Crippen LogP contribution in [0.3, 0.4) is 0 Å². The van der Waals surface area contributed by atoms with Crippen LogP contribution in [-0.4, -0.2) is 47.9 Å². The number of nitrogens with one attached hydrogen (secondary N) is 1. The Bertz CT molecular complexity index is 625. The summed E-state index contributed by atoms with van der Waals surface area (Å²) in [5.74, 6) is 0.656. The lowest BCUT2D eigenvalue weighted by molar-refractivity contribution is -0.0504. The van der Waals surface area contributed by atoms with Gasteiger partial charge in [-0.15, -0.1) is 0 Å². The molecule has 1 saturated carbocycles. The molecule has 2 fully saturated rings. The predicted molar refractivity (Wildman–Crippen MR) is 120 cm³/mol. The fourth-order valence-electron chi connectivity index (χ4n) is 5.16. The molecule has 0 radical (unpaired) electrons. The van der Waals surface area contributed by atoms with E-state index in [1.807, 2.05) is 37.3 Å². The van der Waals surface area contributed by atoms with Gasteiger partial charge in [-0.3, -0.25) is 0 Å². The first-order valence-corrected chi connectivity index (χ1v) is 11.9. The number of hydrogen-bond donors (Lipinski definition) is 2. The number of amides is 1. The molecule has 1 aliphatic carbocycles. The Kier molecular flexibility index (Phi) is 9.01. The lowest BCUT2D eigenvalue weighted by Crippen LogP contribution is -2.52. The molecule has 2 unspecified atom stereocenters. The van der Waals surface area contributed by atoms with Crippen LogP contribution in [0.2, 0.25) is 0 Å². The highest BCUT2D eigenvalue weighted by molar-refractivity contribution is 5.67. The summed E-state index contributed by atoms with van der Waals surface area (Å²) in [6.07, 6.45) is 10.7. The Hall–Kier alpha value is -1.59. The van der Waals surface area contributed by atoms with Gasteiger partial charge in [0.25, 0.3) is 0 Å². The van der Waals surface area contributed by atoms with Crippen LogP contribution in [-0.2, 0) is 11.3 Å². The standard InChI is InChI=1S/C25H40N2O3/c1-25(29)20-27(24(28)30-19-21-12-7-6-8-13-21)17-11-16-26-18-23(25)22-14-9-4-2-3-5-10-15-22/h6-8,12-13,22-23,26,29H,2-5,9-11,14-20H2,1H3. The van der Waals surface area contributed by atoms with Crippen molar-refractivity contribution in [1.29, 1.82) is 0 Å². The summed E-state index contributed by atoms with van der Waals surface area (Å²) >= 11 is 0. The van der Waals surface area contributed by atoms with E-state index in [4.69, 9.17) is 4.74 Å². The highest BCUT2D eigenvalue weighted by Gasteiger charge is 2.40. The molecule has 0 aromatic heterocycles. The molecule has 1 amide bonds. The lowest BCUT2D eigenvalue weighted by atomic mass is 9.74. The lowest BCUT2D eigenvalue weighted by Gasteiger charge is -2.40. The zero-order valence-corrected chi connectivity index (χ0v) is 18.7. The van der Waals surface area contributed by atoms with Crippen LogP contribution in [0.5, 0.6) is 0 Å². The Morgan fingerprint density at radius 3 is 2.47 bits per heavy atom. The highest BCUT2D eigenvalue weighted by atomic mass is 16.6. The molecule has 2 atom stereocenters. The van der Waals surface area contributed by atoms with E-state index >= 15 is 0 Å². The average Bonchev–Trinajstić information content (AvgIpc) is 2.92. The minimum absolute atomic E-state index is 0.151. The number of rotatable bonds is 3. The molecule has 0 bridgehead atoms. The third-order valence-corrected chi connectivity index (χ3v) is 6.89. The molecule has 1 aliphatic heterocycles. The van der Waals surface area contributed by atoms with E-state index in [1.165, 1.54) is 51.4 Å². The Morgan fingerprint density at radius 1 is 1.10 bits per heavy atom. The third-order valence-electron chi connectivity index (χ3n) is 6.89. The van der Waals surface area contributed by atoms with Crippen molar-refractivity contribution in [3.63, 3.8) is 0 Å². The summed E-state index contributed by atoms with van der Waals surface area (Å²) in [6, 6.07) is 9.76. The quantitative estimate of drug-likeness (QED) is 0.747. The van der Waals surface area contributed by atoms with Crippen molar-refractivity contribution in [2.45, 2.75) is 76.9 Å². The maximum atomic E-state index is 12.8. The topological polar surface area (TPSA) is 61.8 Å². The summed E-state index contributed by atoms with van der Waals surface area (Å²) in [5.41, 5.74) is 0.0500. The summed E-state index contributed by atoms with van der Waals surface area (Å²) in [5, 5.41) is 15.1. The molecule has 1 saturated heterocycles. The van der Waals surface area contributed by atoms with Crippen molar-refractivity contribution in [3.05, 3.63) is 35.9 Å². The van der Waals surface area contributed by atoms with E-state index in [0.29, 0.717) is 19.0 Å². The molecule has 1 aromatic rings. The molecular weight excluding hydrogens is 376 g/mol. The van der Waals surface area contributed by atoms with Gasteiger partial charge in [-0.25, -0.2) is 4.79 Å². The van der Waals surface area contributed by atoms with Crippen molar-refractivity contribution in [2.24, 2.45) is 11.8 Å². The van der Waals surface area contributed by atoms with E-state index in [-0.39, 0.29) is 18.6 Å². The third kappa shape index (κ3) is 6.98. The van der Waals surface area contributed by atoms with Gasteiger partial charge in [0, 0.05) is 19.0 Å². The van der Waals surface area contributed by atoms with Crippen molar-refractivity contribution in [3.8, 4) is 0 Å². The molecule has 3 rings (SSSR count). The van der Waals surface area contributed by atoms with Crippen LogP contribution in [0.4, 0.5) is 4.79 Å². The number of carbonyl (C=O) groups excluding carboxylic acids is 1. The smallest absolute Gasteiger partial charge is 0.410 e. The van der Waals surface area contributed by atoms with E-state index in [1.54, 1.807) is 4.90 Å². The van der Waals surface area contributed by atoms with Gasteiger partial charge in [0.2, 0.25) is 0 Å². The van der Waals surface area contributed by atoms with Crippen molar-refractivity contribution >= 4 is 6.09 Å². The molecule has 5 nitrogen and oxygen atoms in total. The van der Waals surface area contributed by atoms with E-state index in [9.17, 15) is 9.90 Å². The second-order valence-electron chi connectivity index (χ2n) is 9.44. The normalized spacial score (nSPS) is 27.7. The summed E-state index contributed by atoms with van der Waals surface area (Å²) in [6.45, 7) is 4.82. The minimum Gasteiger partial charge on any atom is -0.445 e. The van der Waals surface area contributed by atoms with Crippen LogP contribution in [0.15, 0.2) is 30.3 Å². The molecule has 5 heteroatoms. The van der Waals surface area contributed by atoms with Gasteiger partial charge < -0.3 is 20.1 Å². The van der Waals surface area contributed by atoms with Crippen molar-refractivity contribution in [2.75, 3.05) is 26.2 Å². The van der Waals surface area contributed by atoms with Crippen LogP contribution in [0, 0.1) is 11.8 Å². The number of β-amino-alcohol motifs (C(OH)–C–C–N with tert-alkyl or cyclic N) is 1. The number of ether oxygens (including phenoxy) is 1. The molecular formula is C25H40N2O3. The molecule has 168 valence electrons. The number of hydrogen-bond acceptors (Lipinski definition) is 4. The van der Waals surface area contributed by atoms with Gasteiger partial charge in [0.05, 0.1) is 12.1 Å². The predicted octanol–water partition coefficient (Wildman–Crippen LogP) is 4.74. The fourth-order valence-corrected chi connectivity index (χ4v) is 5.16. The van der Waals surface area contributed by atoms with E-state index in [2.05, 4.69) is 5.32 Å². The number of carbonyl (C=O) groups is 1. The first-order valence-electron chi connectivity index (χ1n) is 11.9. The van der Waals surface area contributed by atoms with Crippen LogP contribution < -0.4 is 5.32 Å². The first-order chi connectivity index (χ1) is 14.6. The second-order valence-corrected chi connectivity index (χ2v) is 9.44. The highest BCUT2D eigenvalue weighted by Crippen LogP contribution is 2.35. The fraction of sp³-hybridized carbons (Fsp3) is 0.720. The largest absolute Gasteiger partial charge is 0.445 e. The number of nitrogens with zero attached hydrogens (tertiary/aromatic N) is 1. The van der Waals surface area contributed by atoms with Gasteiger partial charge in [0.15, 0.2) is 0 Å². The van der Waals surface area contributed by atoms with Gasteiger partial charge in [-0.2, -0.15) is 0 Å². The second kappa shape index (κ2) is 11.7. The number of aliphatic hydroxyl groups is 1. The summed E-state index contributed by atoms with van der Waals surface area (Å²) in [4.78, 5) is 14.6. The van der Waals surface area contributed by atoms with Gasteiger partial charge in [-0.1, -0.05) is 81.7 Å². The molecule has 1 aromatic carbocycles. The van der Waals surface area contributed by atoms with Crippen LogP contribution >= 0.6 is 0 Å². The summed E-state index contributed by atoms with van der Waals surface area (Å²) < 4.78 is 5.59. The van der Waals surface area contributed by atoms with Crippen LogP contribution in [0.1, 0.15) is 70.3 Å². The maximum absolute atomic E-state index is 12.8. The Labute approximate surface area is 182 Å². The molecule has 2 aliphatic rings. The molecule has 1 heterocycles. The minimum atomic E-state index is -0.929. The first kappa shape index (κ1) is 23.1. The van der Waals surface area contributed by atoms with Crippen LogP contribution in [0.25, 0.3) is 0 Å². The SMILES string of the molecule is CC1(O)CN(C(=O)OCc2ccccc2)CCCNCC1C1CCCCCCCC1. The Balaban J connectivity index is 1.66.